The lowest BCUT2D eigenvalue weighted by atomic mass is 10.1. The molecule has 2 aromatic rings. The molecule has 5 nitrogen and oxygen atoms in total. The van der Waals surface area contributed by atoms with E-state index in [2.05, 4.69) is 15.5 Å². The van der Waals surface area contributed by atoms with Gasteiger partial charge in [-0.05, 0) is 35.0 Å². The molecule has 0 amide bonds. The zero-order chi connectivity index (χ0) is 11.5. The average molecular weight is 239 g/mol. The zero-order valence-electron chi connectivity index (χ0n) is 8.71. The van der Waals surface area contributed by atoms with E-state index >= 15 is 0 Å². The molecule has 84 valence electrons. The van der Waals surface area contributed by atoms with Crippen molar-refractivity contribution in [1.29, 1.82) is 0 Å². The third kappa shape index (κ3) is 2.37. The van der Waals surface area contributed by atoms with Crippen LogP contribution >= 0.6 is 11.6 Å². The maximum absolute atomic E-state index is 9.97. The number of benzene rings is 1. The summed E-state index contributed by atoms with van der Waals surface area (Å²) in [6.07, 6.45) is -0.666. The minimum Gasteiger partial charge on any atom is -0.386 e. The van der Waals surface area contributed by atoms with Gasteiger partial charge in [0.15, 0.2) is 0 Å². The Kier molecular flexibility index (Phi) is 3.17. The summed E-state index contributed by atoms with van der Waals surface area (Å²) in [5.74, 6) is 0.668. The number of hydrogen-bond donors (Lipinski definition) is 1. The second-order valence-electron chi connectivity index (χ2n) is 3.48. The number of tetrazole rings is 1. The summed E-state index contributed by atoms with van der Waals surface area (Å²) < 4.78 is 1.55. The highest BCUT2D eigenvalue weighted by atomic mass is 35.5. The molecule has 0 bridgehead atoms. The fraction of sp³-hybridized carbons (Fsp3) is 0.300. The molecule has 0 spiro atoms. The molecule has 0 aliphatic rings. The van der Waals surface area contributed by atoms with Crippen LogP contribution < -0.4 is 0 Å². The highest BCUT2D eigenvalue weighted by Crippen LogP contribution is 2.18. The van der Waals surface area contributed by atoms with Gasteiger partial charge in [0.1, 0.15) is 5.82 Å². The minimum atomic E-state index is -0.666. The largest absolute Gasteiger partial charge is 0.386 e. The minimum absolute atomic E-state index is 0.319. The fourth-order valence-corrected chi connectivity index (χ4v) is 1.60. The summed E-state index contributed by atoms with van der Waals surface area (Å²) in [4.78, 5) is 0. The molecule has 0 saturated heterocycles. The van der Waals surface area contributed by atoms with Crippen molar-refractivity contribution >= 4 is 11.6 Å². The molecule has 6 heteroatoms. The van der Waals surface area contributed by atoms with Gasteiger partial charge in [0.25, 0.3) is 0 Å². The molecule has 1 aromatic heterocycles. The van der Waals surface area contributed by atoms with Crippen molar-refractivity contribution in [3.8, 4) is 0 Å². The Hall–Kier alpha value is -1.46. The predicted octanol–water partition coefficient (Wildman–Crippen LogP) is 1.37. The molecular weight excluding hydrogens is 228 g/mol. The van der Waals surface area contributed by atoms with Gasteiger partial charge in [-0.25, -0.2) is 4.68 Å². The maximum Gasteiger partial charge on any atom is 0.148 e. The van der Waals surface area contributed by atoms with E-state index in [-0.39, 0.29) is 0 Å². The lowest BCUT2D eigenvalue weighted by molar-refractivity contribution is 0.149. The van der Waals surface area contributed by atoms with Crippen LogP contribution in [0.15, 0.2) is 24.3 Å². The Labute approximate surface area is 97.7 Å². The van der Waals surface area contributed by atoms with E-state index in [0.29, 0.717) is 17.4 Å². The zero-order valence-corrected chi connectivity index (χ0v) is 9.46. The lowest BCUT2D eigenvalue weighted by Gasteiger charge is -2.11. The number of aliphatic hydroxyl groups excluding tert-OH is 1. The normalized spacial score (nSPS) is 12.7. The summed E-state index contributed by atoms with van der Waals surface area (Å²) in [5, 5.41) is 21.6. The van der Waals surface area contributed by atoms with E-state index in [1.54, 1.807) is 29.8 Å². The molecule has 0 saturated carbocycles. The highest BCUT2D eigenvalue weighted by Gasteiger charge is 2.11. The van der Waals surface area contributed by atoms with Gasteiger partial charge in [-0.15, -0.1) is 5.10 Å². The molecule has 0 radical (unpaired) electrons. The first kappa shape index (κ1) is 11.0. The SMILES string of the molecule is Cc1nnnn1C[C@@H](O)c1cccc(Cl)c1. The third-order valence-electron chi connectivity index (χ3n) is 2.29. The van der Waals surface area contributed by atoms with Gasteiger partial charge in [0, 0.05) is 5.02 Å². The van der Waals surface area contributed by atoms with E-state index in [4.69, 9.17) is 11.6 Å². The molecule has 16 heavy (non-hydrogen) atoms. The van der Waals surface area contributed by atoms with Gasteiger partial charge in [0.2, 0.25) is 0 Å². The maximum atomic E-state index is 9.97. The van der Waals surface area contributed by atoms with Gasteiger partial charge < -0.3 is 5.11 Å². The third-order valence-corrected chi connectivity index (χ3v) is 2.53. The molecule has 0 fully saturated rings. The number of aliphatic hydroxyl groups is 1. The number of aryl methyl sites for hydroxylation is 1. The Bertz CT molecular complexity index is 485. The van der Waals surface area contributed by atoms with Crippen LogP contribution in [0.4, 0.5) is 0 Å². The van der Waals surface area contributed by atoms with Crippen molar-refractivity contribution in [2.75, 3.05) is 0 Å². The Morgan fingerprint density at radius 3 is 2.94 bits per heavy atom. The second kappa shape index (κ2) is 4.59. The summed E-state index contributed by atoms with van der Waals surface area (Å²) in [7, 11) is 0. The molecule has 2 rings (SSSR count). The molecule has 1 N–H and O–H groups in total. The van der Waals surface area contributed by atoms with Crippen molar-refractivity contribution in [3.05, 3.63) is 40.7 Å². The van der Waals surface area contributed by atoms with E-state index in [1.807, 2.05) is 6.07 Å². The summed E-state index contributed by atoms with van der Waals surface area (Å²) in [6, 6.07) is 7.11. The van der Waals surface area contributed by atoms with Crippen LogP contribution in [0, 0.1) is 6.92 Å². The van der Waals surface area contributed by atoms with Gasteiger partial charge in [-0.3, -0.25) is 0 Å². The Balaban J connectivity index is 2.14. The van der Waals surface area contributed by atoms with Crippen molar-refractivity contribution in [2.24, 2.45) is 0 Å². The van der Waals surface area contributed by atoms with E-state index in [1.165, 1.54) is 0 Å². The molecule has 0 unspecified atom stereocenters. The van der Waals surface area contributed by atoms with Crippen molar-refractivity contribution in [3.63, 3.8) is 0 Å². The predicted molar refractivity (Wildman–Crippen MR) is 59.0 cm³/mol. The Morgan fingerprint density at radius 2 is 2.31 bits per heavy atom. The molecule has 1 atom stereocenters. The topological polar surface area (TPSA) is 63.8 Å². The van der Waals surface area contributed by atoms with Crippen LogP contribution in [-0.2, 0) is 6.54 Å². The van der Waals surface area contributed by atoms with Crippen LogP contribution in [0.3, 0.4) is 0 Å². The van der Waals surface area contributed by atoms with Crippen LogP contribution in [0.5, 0.6) is 0 Å². The first-order chi connectivity index (χ1) is 7.66. The van der Waals surface area contributed by atoms with Gasteiger partial charge in [0.05, 0.1) is 12.6 Å². The van der Waals surface area contributed by atoms with Crippen molar-refractivity contribution < 1.29 is 5.11 Å². The first-order valence-corrected chi connectivity index (χ1v) is 5.21. The quantitative estimate of drug-likeness (QED) is 0.877. The van der Waals surface area contributed by atoms with E-state index in [9.17, 15) is 5.11 Å². The number of aromatic nitrogens is 4. The fourth-order valence-electron chi connectivity index (χ4n) is 1.40. The van der Waals surface area contributed by atoms with Crippen molar-refractivity contribution in [2.45, 2.75) is 19.6 Å². The number of nitrogens with zero attached hydrogens (tertiary/aromatic N) is 4. The van der Waals surface area contributed by atoms with Crippen LogP contribution in [-0.4, -0.2) is 25.3 Å². The monoisotopic (exact) mass is 238 g/mol. The van der Waals surface area contributed by atoms with Gasteiger partial charge in [-0.2, -0.15) is 0 Å². The Morgan fingerprint density at radius 1 is 1.50 bits per heavy atom. The smallest absolute Gasteiger partial charge is 0.148 e. The van der Waals surface area contributed by atoms with Gasteiger partial charge >= 0.3 is 0 Å². The van der Waals surface area contributed by atoms with Crippen LogP contribution in [0.2, 0.25) is 5.02 Å². The van der Waals surface area contributed by atoms with E-state index < -0.39 is 6.10 Å². The lowest BCUT2D eigenvalue weighted by Crippen LogP contribution is -2.11. The first-order valence-electron chi connectivity index (χ1n) is 4.83. The molecule has 1 aromatic carbocycles. The number of hydrogen-bond acceptors (Lipinski definition) is 4. The summed E-state index contributed by atoms with van der Waals surface area (Å²) in [5.41, 5.74) is 0.752. The number of halogens is 1. The summed E-state index contributed by atoms with van der Waals surface area (Å²) in [6.45, 7) is 2.10. The highest BCUT2D eigenvalue weighted by molar-refractivity contribution is 6.30. The molecule has 0 aliphatic carbocycles. The molecular formula is C10H11ClN4O. The van der Waals surface area contributed by atoms with Gasteiger partial charge in [-0.1, -0.05) is 23.7 Å². The average Bonchev–Trinajstić information content (AvgIpc) is 2.64. The second-order valence-corrected chi connectivity index (χ2v) is 3.92. The number of rotatable bonds is 3. The standard InChI is InChI=1S/C10H11ClN4O/c1-7-12-13-14-15(7)6-10(16)8-3-2-4-9(11)5-8/h2-5,10,16H,6H2,1H3/t10-/m1/s1. The van der Waals surface area contributed by atoms with Crippen molar-refractivity contribution in [1.82, 2.24) is 20.2 Å². The summed E-state index contributed by atoms with van der Waals surface area (Å²) >= 11 is 5.84. The molecule has 0 aliphatic heterocycles. The molecule has 1 heterocycles. The van der Waals surface area contributed by atoms with Crippen LogP contribution in [0.25, 0.3) is 0 Å². The van der Waals surface area contributed by atoms with E-state index in [0.717, 1.165) is 5.56 Å². The van der Waals surface area contributed by atoms with Crippen LogP contribution in [0.1, 0.15) is 17.5 Å².